The summed E-state index contributed by atoms with van der Waals surface area (Å²) in [5.41, 5.74) is 2.21. The normalized spacial score (nSPS) is 13.6. The van der Waals surface area contributed by atoms with Gasteiger partial charge >= 0.3 is 5.97 Å². The van der Waals surface area contributed by atoms with E-state index in [9.17, 15) is 4.79 Å². The van der Waals surface area contributed by atoms with Crippen LogP contribution in [-0.4, -0.2) is 32.2 Å². The molecule has 1 aliphatic rings. The molecule has 0 amide bonds. The summed E-state index contributed by atoms with van der Waals surface area (Å²) in [6, 6.07) is 8.18. The zero-order valence-electron chi connectivity index (χ0n) is 13.0. The van der Waals surface area contributed by atoms with Crippen LogP contribution in [0.2, 0.25) is 0 Å². The molecule has 0 aromatic heterocycles. The highest BCUT2D eigenvalue weighted by Gasteiger charge is 2.14. The molecule has 0 aliphatic carbocycles. The second kappa shape index (κ2) is 11.4. The van der Waals surface area contributed by atoms with Crippen LogP contribution < -0.4 is 10.2 Å². The number of hydrogen-bond donors (Lipinski definition) is 1. The summed E-state index contributed by atoms with van der Waals surface area (Å²) in [7, 11) is 0. The molecule has 22 heavy (non-hydrogen) atoms. The fourth-order valence-corrected chi connectivity index (χ4v) is 2.47. The quantitative estimate of drug-likeness (QED) is 0.792. The highest BCUT2D eigenvalue weighted by Crippen LogP contribution is 2.27. The topological polar surface area (TPSA) is 41.6 Å². The van der Waals surface area contributed by atoms with Gasteiger partial charge in [-0.1, -0.05) is 19.1 Å². The Morgan fingerprint density at radius 2 is 1.86 bits per heavy atom. The van der Waals surface area contributed by atoms with Crippen molar-refractivity contribution in [3.05, 3.63) is 24.3 Å². The van der Waals surface area contributed by atoms with Crippen LogP contribution in [0.15, 0.2) is 24.3 Å². The number of nitrogens with one attached hydrogen (secondary N) is 1. The Bertz CT molecular complexity index is 438. The predicted octanol–water partition coefficient (Wildman–Crippen LogP) is 3.89. The molecule has 0 unspecified atom stereocenters. The number of anilines is 2. The van der Waals surface area contributed by atoms with Crippen LogP contribution in [-0.2, 0) is 9.53 Å². The fourth-order valence-electron chi connectivity index (χ4n) is 2.47. The molecule has 1 saturated heterocycles. The van der Waals surface area contributed by atoms with Crippen LogP contribution in [0.3, 0.4) is 0 Å². The number of carbonyl (C=O) groups is 1. The minimum Gasteiger partial charge on any atom is -0.464 e. The highest BCUT2D eigenvalue weighted by atomic mass is 35.5. The molecule has 0 bridgehead atoms. The van der Waals surface area contributed by atoms with Crippen molar-refractivity contribution in [2.45, 2.75) is 32.6 Å². The Morgan fingerprint density at radius 3 is 2.55 bits per heavy atom. The molecular formula is C16H26Cl2N2O2. The number of halogens is 2. The number of ether oxygens (including phenoxy) is 1. The number of esters is 1. The van der Waals surface area contributed by atoms with Gasteiger partial charge in [-0.3, -0.25) is 4.79 Å². The van der Waals surface area contributed by atoms with Gasteiger partial charge in [-0.05, 0) is 37.8 Å². The van der Waals surface area contributed by atoms with Gasteiger partial charge in [-0.15, -0.1) is 24.8 Å². The van der Waals surface area contributed by atoms with Crippen molar-refractivity contribution >= 4 is 42.2 Å². The summed E-state index contributed by atoms with van der Waals surface area (Å²) in [6.07, 6.45) is 4.66. The van der Waals surface area contributed by atoms with E-state index in [0.29, 0.717) is 6.61 Å². The molecule has 0 radical (unpaired) electrons. The zero-order valence-corrected chi connectivity index (χ0v) is 14.7. The van der Waals surface area contributed by atoms with Crippen molar-refractivity contribution in [2.24, 2.45) is 0 Å². The lowest BCUT2D eigenvalue weighted by molar-refractivity contribution is -0.141. The molecule has 126 valence electrons. The smallest absolute Gasteiger partial charge is 0.325 e. The Kier molecular flexibility index (Phi) is 10.9. The van der Waals surface area contributed by atoms with E-state index in [1.807, 2.05) is 25.1 Å². The van der Waals surface area contributed by atoms with Gasteiger partial charge in [0.15, 0.2) is 0 Å². The third-order valence-electron chi connectivity index (χ3n) is 3.49. The lowest BCUT2D eigenvalue weighted by Gasteiger charge is -2.30. The predicted molar refractivity (Wildman–Crippen MR) is 96.7 cm³/mol. The van der Waals surface area contributed by atoms with Crippen molar-refractivity contribution in [1.29, 1.82) is 0 Å². The number of hydrogen-bond acceptors (Lipinski definition) is 4. The van der Waals surface area contributed by atoms with Crippen LogP contribution in [0.5, 0.6) is 0 Å². The van der Waals surface area contributed by atoms with E-state index in [1.165, 1.54) is 24.9 Å². The van der Waals surface area contributed by atoms with Gasteiger partial charge in [0.2, 0.25) is 0 Å². The van der Waals surface area contributed by atoms with E-state index in [1.54, 1.807) is 0 Å². The number of para-hydroxylation sites is 2. The summed E-state index contributed by atoms with van der Waals surface area (Å²) < 4.78 is 5.08. The number of benzene rings is 1. The number of carbonyl (C=O) groups excluding carboxylic acids is 1. The Morgan fingerprint density at radius 1 is 1.18 bits per heavy atom. The summed E-state index contributed by atoms with van der Waals surface area (Å²) in [5, 5.41) is 3.20. The first kappa shape index (κ1) is 20.9. The first-order valence-corrected chi connectivity index (χ1v) is 7.54. The lowest BCUT2D eigenvalue weighted by Crippen LogP contribution is -2.30. The van der Waals surface area contributed by atoms with Gasteiger partial charge in [0.25, 0.3) is 0 Å². The van der Waals surface area contributed by atoms with E-state index < -0.39 is 0 Å². The molecule has 1 aromatic rings. The third-order valence-corrected chi connectivity index (χ3v) is 3.49. The average Bonchev–Trinajstić information content (AvgIpc) is 2.52. The Labute approximate surface area is 145 Å². The maximum absolute atomic E-state index is 11.6. The monoisotopic (exact) mass is 348 g/mol. The van der Waals surface area contributed by atoms with Crippen LogP contribution in [0, 0.1) is 0 Å². The number of rotatable bonds is 6. The summed E-state index contributed by atoms with van der Waals surface area (Å²) in [4.78, 5) is 14.0. The largest absolute Gasteiger partial charge is 0.464 e. The van der Waals surface area contributed by atoms with Gasteiger partial charge in [0.05, 0.1) is 18.0 Å². The van der Waals surface area contributed by atoms with E-state index in [-0.39, 0.29) is 37.3 Å². The van der Waals surface area contributed by atoms with Crippen molar-refractivity contribution < 1.29 is 9.53 Å². The van der Waals surface area contributed by atoms with Crippen LogP contribution >= 0.6 is 24.8 Å². The van der Waals surface area contributed by atoms with Crippen LogP contribution in [0.25, 0.3) is 0 Å². The van der Waals surface area contributed by atoms with Gasteiger partial charge in [-0.2, -0.15) is 0 Å². The van der Waals surface area contributed by atoms with Crippen LogP contribution in [0.1, 0.15) is 32.6 Å². The molecule has 0 saturated carbocycles. The van der Waals surface area contributed by atoms with E-state index in [2.05, 4.69) is 16.3 Å². The standard InChI is InChI=1S/C16H24N2O2.2ClH/c1-2-12-20-16(19)13-17-14-8-4-5-9-15(14)18-10-6-3-7-11-18;;/h4-5,8-9,17H,2-3,6-7,10-13H2,1H3;2*1H. The molecule has 1 fully saturated rings. The summed E-state index contributed by atoms with van der Waals surface area (Å²) >= 11 is 0. The van der Waals surface area contributed by atoms with E-state index >= 15 is 0 Å². The molecule has 4 nitrogen and oxygen atoms in total. The lowest BCUT2D eigenvalue weighted by atomic mass is 10.1. The molecule has 0 spiro atoms. The molecular weight excluding hydrogens is 323 g/mol. The number of piperidine rings is 1. The Hall–Kier alpha value is -1.13. The molecule has 2 rings (SSSR count). The first-order chi connectivity index (χ1) is 9.81. The maximum Gasteiger partial charge on any atom is 0.325 e. The van der Waals surface area contributed by atoms with Crippen molar-refractivity contribution in [3.63, 3.8) is 0 Å². The van der Waals surface area contributed by atoms with Gasteiger partial charge < -0.3 is 15.0 Å². The first-order valence-electron chi connectivity index (χ1n) is 7.54. The highest BCUT2D eigenvalue weighted by molar-refractivity contribution is 5.85. The van der Waals surface area contributed by atoms with Crippen molar-refractivity contribution in [3.8, 4) is 0 Å². The summed E-state index contributed by atoms with van der Waals surface area (Å²) in [5.74, 6) is -0.194. The van der Waals surface area contributed by atoms with Crippen molar-refractivity contribution in [1.82, 2.24) is 0 Å². The fraction of sp³-hybridized carbons (Fsp3) is 0.562. The number of nitrogens with zero attached hydrogens (tertiary/aromatic N) is 1. The second-order valence-corrected chi connectivity index (χ2v) is 5.14. The molecule has 1 N–H and O–H groups in total. The molecule has 6 heteroatoms. The van der Waals surface area contributed by atoms with E-state index in [4.69, 9.17) is 4.74 Å². The van der Waals surface area contributed by atoms with Crippen LogP contribution in [0.4, 0.5) is 11.4 Å². The van der Waals surface area contributed by atoms with Crippen molar-refractivity contribution in [2.75, 3.05) is 36.5 Å². The average molecular weight is 349 g/mol. The summed E-state index contributed by atoms with van der Waals surface area (Å²) in [6.45, 7) is 4.91. The Balaban J connectivity index is 0.00000220. The van der Waals surface area contributed by atoms with Gasteiger partial charge in [0, 0.05) is 13.1 Å². The third kappa shape index (κ3) is 6.32. The molecule has 1 heterocycles. The molecule has 1 aliphatic heterocycles. The SMILES string of the molecule is CCCOC(=O)CNc1ccccc1N1CCCCC1.Cl.Cl. The minimum atomic E-state index is -0.194. The van der Waals surface area contributed by atoms with Gasteiger partial charge in [0.1, 0.15) is 6.54 Å². The zero-order chi connectivity index (χ0) is 14.2. The maximum atomic E-state index is 11.6. The second-order valence-electron chi connectivity index (χ2n) is 5.14. The van der Waals surface area contributed by atoms with E-state index in [0.717, 1.165) is 25.2 Å². The van der Waals surface area contributed by atoms with Gasteiger partial charge in [-0.25, -0.2) is 0 Å². The minimum absolute atomic E-state index is 0. The molecule has 1 aromatic carbocycles. The molecule has 0 atom stereocenters.